The monoisotopic (exact) mass is 171 g/mol. The van der Waals surface area contributed by atoms with Crippen molar-refractivity contribution in [3.63, 3.8) is 0 Å². The van der Waals surface area contributed by atoms with Crippen molar-refractivity contribution in [1.82, 2.24) is 4.98 Å². The molecular formula is C7H13N3S. The van der Waals surface area contributed by atoms with Crippen LogP contribution in [0.4, 0.5) is 10.1 Å². The molecule has 0 saturated carbocycles. The van der Waals surface area contributed by atoms with E-state index < -0.39 is 0 Å². The van der Waals surface area contributed by atoms with Gasteiger partial charge in [-0.05, 0) is 6.42 Å². The van der Waals surface area contributed by atoms with E-state index in [2.05, 4.69) is 11.9 Å². The second-order valence-electron chi connectivity index (χ2n) is 2.56. The highest BCUT2D eigenvalue weighted by molar-refractivity contribution is 7.19. The highest BCUT2D eigenvalue weighted by Gasteiger charge is 2.06. The summed E-state index contributed by atoms with van der Waals surface area (Å²) >= 11 is 1.54. The van der Waals surface area contributed by atoms with E-state index >= 15 is 0 Å². The van der Waals surface area contributed by atoms with Crippen LogP contribution in [0, 0.1) is 0 Å². The maximum Gasteiger partial charge on any atom is 0.187 e. The van der Waals surface area contributed by atoms with Gasteiger partial charge in [0.1, 0.15) is 5.00 Å². The highest BCUT2D eigenvalue weighted by Crippen LogP contribution is 2.26. The Kier molecular flexibility index (Phi) is 2.34. The predicted molar refractivity (Wildman–Crippen MR) is 50.2 cm³/mol. The molecule has 1 aromatic rings. The zero-order chi connectivity index (χ0) is 8.43. The van der Waals surface area contributed by atoms with Gasteiger partial charge in [-0.1, -0.05) is 18.3 Å². The Morgan fingerprint density at radius 3 is 2.45 bits per heavy atom. The van der Waals surface area contributed by atoms with Crippen LogP contribution in [0.3, 0.4) is 0 Å². The van der Waals surface area contributed by atoms with Crippen molar-refractivity contribution in [3.05, 3.63) is 5.69 Å². The Labute approximate surface area is 70.9 Å². The average molecular weight is 171 g/mol. The third kappa shape index (κ3) is 1.63. The number of thiazole rings is 1. The summed E-state index contributed by atoms with van der Waals surface area (Å²) in [5, 5.41) is 1.83. The first-order valence-electron chi connectivity index (χ1n) is 3.57. The van der Waals surface area contributed by atoms with Crippen LogP contribution < -0.4 is 10.6 Å². The second kappa shape index (κ2) is 3.09. The van der Waals surface area contributed by atoms with Gasteiger partial charge in [-0.15, -0.1) is 0 Å². The quantitative estimate of drug-likeness (QED) is 0.730. The number of aryl methyl sites for hydroxylation is 1. The Morgan fingerprint density at radius 2 is 2.18 bits per heavy atom. The Morgan fingerprint density at radius 1 is 1.55 bits per heavy atom. The number of hydrogen-bond acceptors (Lipinski definition) is 4. The maximum absolute atomic E-state index is 5.72. The normalized spacial score (nSPS) is 10.1. The van der Waals surface area contributed by atoms with Crippen molar-refractivity contribution in [2.45, 2.75) is 13.3 Å². The number of nitrogens with two attached hydrogens (primary N) is 1. The van der Waals surface area contributed by atoms with Gasteiger partial charge in [0.15, 0.2) is 5.13 Å². The first-order chi connectivity index (χ1) is 5.15. The molecule has 11 heavy (non-hydrogen) atoms. The van der Waals surface area contributed by atoms with Gasteiger partial charge in [-0.25, -0.2) is 4.98 Å². The lowest BCUT2D eigenvalue weighted by molar-refractivity contribution is 1.03. The molecular weight excluding hydrogens is 158 g/mol. The molecule has 0 saturated heterocycles. The Hall–Kier alpha value is -0.770. The number of aromatic nitrogens is 1. The topological polar surface area (TPSA) is 42.2 Å². The van der Waals surface area contributed by atoms with E-state index in [0.29, 0.717) is 0 Å². The highest BCUT2D eigenvalue weighted by atomic mass is 32.1. The number of hydrogen-bond donors (Lipinski definition) is 1. The minimum atomic E-state index is 0.844. The molecule has 0 amide bonds. The lowest BCUT2D eigenvalue weighted by atomic mass is 10.4. The number of nitrogens with zero attached hydrogens (tertiary/aromatic N) is 2. The van der Waals surface area contributed by atoms with Crippen LogP contribution in [0.15, 0.2) is 0 Å². The zero-order valence-corrected chi connectivity index (χ0v) is 7.90. The molecule has 0 aliphatic rings. The summed E-state index contributed by atoms with van der Waals surface area (Å²) in [5.74, 6) is 0. The van der Waals surface area contributed by atoms with Crippen molar-refractivity contribution in [3.8, 4) is 0 Å². The third-order valence-electron chi connectivity index (χ3n) is 1.43. The molecule has 0 bridgehead atoms. The van der Waals surface area contributed by atoms with Crippen molar-refractivity contribution < 1.29 is 0 Å². The standard InChI is InChI=1S/C7H13N3S/c1-4-5-6(8)11-7(9-5)10(2)3/h4,8H2,1-3H3. The van der Waals surface area contributed by atoms with Crippen LogP contribution in [0.1, 0.15) is 12.6 Å². The van der Waals surface area contributed by atoms with Crippen molar-refractivity contribution >= 4 is 21.5 Å². The molecule has 4 heteroatoms. The molecule has 0 fully saturated rings. The lowest BCUT2D eigenvalue weighted by Crippen LogP contribution is -2.07. The number of anilines is 2. The smallest absolute Gasteiger partial charge is 0.187 e. The summed E-state index contributed by atoms with van der Waals surface area (Å²) in [6.07, 6.45) is 0.913. The third-order valence-corrected chi connectivity index (χ3v) is 2.53. The van der Waals surface area contributed by atoms with Gasteiger partial charge in [0.05, 0.1) is 5.69 Å². The van der Waals surface area contributed by atoms with E-state index in [1.54, 1.807) is 0 Å². The van der Waals surface area contributed by atoms with E-state index in [-0.39, 0.29) is 0 Å². The average Bonchev–Trinajstić information content (AvgIpc) is 2.31. The van der Waals surface area contributed by atoms with E-state index in [4.69, 9.17) is 5.73 Å². The van der Waals surface area contributed by atoms with Crippen molar-refractivity contribution in [2.24, 2.45) is 0 Å². The van der Waals surface area contributed by atoms with Crippen LogP contribution >= 0.6 is 11.3 Å². The second-order valence-corrected chi connectivity index (χ2v) is 3.56. The Balaban J connectivity index is 2.95. The SMILES string of the molecule is CCc1nc(N(C)C)sc1N. The summed E-state index contributed by atoms with van der Waals surface area (Å²) in [7, 11) is 3.94. The maximum atomic E-state index is 5.72. The molecule has 0 spiro atoms. The molecule has 0 aliphatic heterocycles. The number of nitrogen functional groups attached to an aromatic ring is 1. The van der Waals surface area contributed by atoms with Crippen LogP contribution in [-0.4, -0.2) is 19.1 Å². The first-order valence-corrected chi connectivity index (χ1v) is 4.39. The van der Waals surface area contributed by atoms with E-state index in [1.165, 1.54) is 11.3 Å². The summed E-state index contributed by atoms with van der Waals surface area (Å²) in [5.41, 5.74) is 6.73. The predicted octanol–water partition coefficient (Wildman–Crippen LogP) is 1.35. The largest absolute Gasteiger partial charge is 0.389 e. The first kappa shape index (κ1) is 8.33. The van der Waals surface area contributed by atoms with Crippen molar-refractivity contribution in [2.75, 3.05) is 24.7 Å². The summed E-state index contributed by atoms with van der Waals surface area (Å²) in [6, 6.07) is 0. The summed E-state index contributed by atoms with van der Waals surface area (Å²) in [6.45, 7) is 2.06. The van der Waals surface area contributed by atoms with Crippen LogP contribution in [0.25, 0.3) is 0 Å². The molecule has 62 valence electrons. The molecule has 1 heterocycles. The zero-order valence-electron chi connectivity index (χ0n) is 7.09. The van der Waals surface area contributed by atoms with Gasteiger partial charge in [-0.3, -0.25) is 0 Å². The van der Waals surface area contributed by atoms with Gasteiger partial charge in [0, 0.05) is 14.1 Å². The fourth-order valence-corrected chi connectivity index (χ4v) is 1.64. The Bertz CT molecular complexity index is 242. The van der Waals surface area contributed by atoms with Crippen LogP contribution in [0.5, 0.6) is 0 Å². The van der Waals surface area contributed by atoms with E-state index in [1.807, 2.05) is 19.0 Å². The van der Waals surface area contributed by atoms with Gasteiger partial charge in [-0.2, -0.15) is 0 Å². The minimum absolute atomic E-state index is 0.844. The number of rotatable bonds is 2. The van der Waals surface area contributed by atoms with Crippen molar-refractivity contribution in [1.29, 1.82) is 0 Å². The molecule has 0 unspecified atom stereocenters. The van der Waals surface area contributed by atoms with E-state index in [0.717, 1.165) is 22.2 Å². The van der Waals surface area contributed by atoms with Crippen LogP contribution in [-0.2, 0) is 6.42 Å². The molecule has 0 radical (unpaired) electrons. The molecule has 2 N–H and O–H groups in total. The lowest BCUT2D eigenvalue weighted by Gasteiger charge is -2.04. The van der Waals surface area contributed by atoms with Gasteiger partial charge < -0.3 is 10.6 Å². The van der Waals surface area contributed by atoms with Crippen LogP contribution in [0.2, 0.25) is 0 Å². The fourth-order valence-electron chi connectivity index (χ4n) is 0.795. The fraction of sp³-hybridized carbons (Fsp3) is 0.571. The molecule has 1 aromatic heterocycles. The molecule has 0 aromatic carbocycles. The minimum Gasteiger partial charge on any atom is -0.389 e. The van der Waals surface area contributed by atoms with Gasteiger partial charge in [0.2, 0.25) is 0 Å². The molecule has 0 atom stereocenters. The molecule has 1 rings (SSSR count). The summed E-state index contributed by atoms with van der Waals surface area (Å²) in [4.78, 5) is 6.32. The summed E-state index contributed by atoms with van der Waals surface area (Å²) < 4.78 is 0. The molecule has 0 aliphatic carbocycles. The van der Waals surface area contributed by atoms with Gasteiger partial charge >= 0.3 is 0 Å². The van der Waals surface area contributed by atoms with Gasteiger partial charge in [0.25, 0.3) is 0 Å². The van der Waals surface area contributed by atoms with E-state index in [9.17, 15) is 0 Å². The molecule has 3 nitrogen and oxygen atoms in total.